The Balaban J connectivity index is 2.67. The molecule has 5 nitrogen and oxygen atoms in total. The number of methoxy groups -OCH3 is 1. The molecule has 0 radical (unpaired) electrons. The molecule has 0 spiro atoms. The van der Waals surface area contributed by atoms with Crippen LogP contribution >= 0.6 is 0 Å². The normalized spacial score (nSPS) is 14.2. The van der Waals surface area contributed by atoms with Crippen LogP contribution in [0, 0.1) is 5.41 Å². The number of ether oxygens (including phenoxy) is 1. The molecule has 15 heavy (non-hydrogen) atoms. The molecule has 0 fully saturated rings. The zero-order valence-electron chi connectivity index (χ0n) is 9.78. The van der Waals surface area contributed by atoms with Crippen LogP contribution in [0.5, 0.6) is 0 Å². The molecule has 0 aromatic carbocycles. The lowest BCUT2D eigenvalue weighted by atomic mass is 9.87. The first-order valence-electron chi connectivity index (χ1n) is 5.02. The zero-order valence-corrected chi connectivity index (χ0v) is 9.78. The van der Waals surface area contributed by atoms with Crippen LogP contribution in [0.4, 0.5) is 0 Å². The van der Waals surface area contributed by atoms with Gasteiger partial charge in [-0.15, -0.1) is 0 Å². The monoisotopic (exact) mass is 213 g/mol. The Morgan fingerprint density at radius 1 is 1.47 bits per heavy atom. The predicted molar refractivity (Wildman–Crippen MR) is 56.3 cm³/mol. The highest BCUT2D eigenvalue weighted by Gasteiger charge is 2.27. The van der Waals surface area contributed by atoms with Crippen LogP contribution in [0.1, 0.15) is 38.5 Å². The average molecular weight is 213 g/mol. The molecule has 0 bridgehead atoms. The lowest BCUT2D eigenvalue weighted by molar-refractivity contribution is 0.199. The van der Waals surface area contributed by atoms with Gasteiger partial charge < -0.3 is 15.0 Å². The fourth-order valence-corrected chi connectivity index (χ4v) is 1.06. The summed E-state index contributed by atoms with van der Waals surface area (Å²) in [6.07, 6.45) is 0.650. The van der Waals surface area contributed by atoms with E-state index in [2.05, 4.69) is 10.1 Å². The highest BCUT2D eigenvalue weighted by atomic mass is 16.5. The van der Waals surface area contributed by atoms with Crippen molar-refractivity contribution in [2.24, 2.45) is 11.1 Å². The summed E-state index contributed by atoms with van der Waals surface area (Å²) in [4.78, 5) is 4.23. The molecular formula is C10H19N3O2. The summed E-state index contributed by atoms with van der Waals surface area (Å²) in [6.45, 7) is 6.70. The van der Waals surface area contributed by atoms with Crippen molar-refractivity contribution in [2.75, 3.05) is 13.7 Å². The first-order chi connectivity index (χ1) is 6.95. The molecule has 5 heteroatoms. The van der Waals surface area contributed by atoms with Crippen molar-refractivity contribution in [3.63, 3.8) is 0 Å². The Morgan fingerprint density at radius 3 is 2.67 bits per heavy atom. The van der Waals surface area contributed by atoms with Gasteiger partial charge in [0, 0.05) is 13.5 Å². The van der Waals surface area contributed by atoms with Gasteiger partial charge in [0.15, 0.2) is 5.82 Å². The standard InChI is InChI=1S/C10H19N3O2/c1-10(2,3)8(11)9-12-7(13-15-9)5-6-14-4/h8H,5-6,11H2,1-4H3/t8-/m0/s1. The van der Waals surface area contributed by atoms with Gasteiger partial charge in [0.25, 0.3) is 0 Å². The summed E-state index contributed by atoms with van der Waals surface area (Å²) in [7, 11) is 1.64. The smallest absolute Gasteiger partial charge is 0.244 e. The van der Waals surface area contributed by atoms with E-state index in [1.807, 2.05) is 20.8 Å². The van der Waals surface area contributed by atoms with Crippen molar-refractivity contribution < 1.29 is 9.26 Å². The largest absolute Gasteiger partial charge is 0.384 e. The van der Waals surface area contributed by atoms with Gasteiger partial charge in [-0.2, -0.15) is 4.98 Å². The molecule has 2 N–H and O–H groups in total. The number of hydrogen-bond acceptors (Lipinski definition) is 5. The number of rotatable bonds is 4. The molecule has 0 aliphatic rings. The minimum absolute atomic E-state index is 0.0783. The van der Waals surface area contributed by atoms with E-state index in [-0.39, 0.29) is 11.5 Å². The highest BCUT2D eigenvalue weighted by molar-refractivity contribution is 4.96. The first-order valence-corrected chi connectivity index (χ1v) is 5.02. The van der Waals surface area contributed by atoms with Gasteiger partial charge in [0.05, 0.1) is 12.6 Å². The summed E-state index contributed by atoms with van der Waals surface area (Å²) in [6, 6.07) is -0.235. The second-order valence-electron chi connectivity index (χ2n) is 4.64. The number of aromatic nitrogens is 2. The summed E-state index contributed by atoms with van der Waals surface area (Å²) >= 11 is 0. The van der Waals surface area contributed by atoms with E-state index in [1.165, 1.54) is 0 Å². The Morgan fingerprint density at radius 2 is 2.13 bits per heavy atom. The van der Waals surface area contributed by atoms with Crippen LogP contribution in [-0.4, -0.2) is 23.9 Å². The van der Waals surface area contributed by atoms with Crippen molar-refractivity contribution in [3.05, 3.63) is 11.7 Å². The van der Waals surface area contributed by atoms with Gasteiger partial charge in [-0.05, 0) is 5.41 Å². The van der Waals surface area contributed by atoms with Gasteiger partial charge in [-0.25, -0.2) is 0 Å². The van der Waals surface area contributed by atoms with Crippen molar-refractivity contribution in [2.45, 2.75) is 33.2 Å². The summed E-state index contributed by atoms with van der Waals surface area (Å²) < 4.78 is 10.0. The topological polar surface area (TPSA) is 74.2 Å². The minimum atomic E-state index is -0.235. The maximum atomic E-state index is 5.99. The number of nitrogens with two attached hydrogens (primary N) is 1. The van der Waals surface area contributed by atoms with E-state index in [0.29, 0.717) is 24.7 Å². The van der Waals surface area contributed by atoms with Crippen LogP contribution in [-0.2, 0) is 11.2 Å². The summed E-state index contributed by atoms with van der Waals surface area (Å²) in [5, 5.41) is 3.84. The third-order valence-corrected chi connectivity index (χ3v) is 2.21. The number of nitrogens with zero attached hydrogens (tertiary/aromatic N) is 2. The van der Waals surface area contributed by atoms with E-state index in [4.69, 9.17) is 15.0 Å². The quantitative estimate of drug-likeness (QED) is 0.816. The van der Waals surface area contributed by atoms with E-state index in [0.717, 1.165) is 0 Å². The Kier molecular flexibility index (Phi) is 3.82. The molecule has 0 saturated carbocycles. The fourth-order valence-electron chi connectivity index (χ4n) is 1.06. The van der Waals surface area contributed by atoms with Crippen LogP contribution < -0.4 is 5.73 Å². The van der Waals surface area contributed by atoms with Crippen LogP contribution in [0.3, 0.4) is 0 Å². The van der Waals surface area contributed by atoms with E-state index in [9.17, 15) is 0 Å². The highest BCUT2D eigenvalue weighted by Crippen LogP contribution is 2.29. The van der Waals surface area contributed by atoms with Gasteiger partial charge in [0.2, 0.25) is 5.89 Å². The van der Waals surface area contributed by atoms with E-state index < -0.39 is 0 Å². The Bertz CT molecular complexity index is 304. The van der Waals surface area contributed by atoms with Gasteiger partial charge in [-0.1, -0.05) is 25.9 Å². The molecule has 1 rings (SSSR count). The van der Waals surface area contributed by atoms with Crippen LogP contribution in [0.15, 0.2) is 4.52 Å². The van der Waals surface area contributed by atoms with Crippen molar-refractivity contribution in [1.29, 1.82) is 0 Å². The summed E-state index contributed by atoms with van der Waals surface area (Å²) in [5.41, 5.74) is 5.91. The van der Waals surface area contributed by atoms with E-state index in [1.54, 1.807) is 7.11 Å². The van der Waals surface area contributed by atoms with Crippen molar-refractivity contribution in [1.82, 2.24) is 10.1 Å². The molecule has 0 aliphatic carbocycles. The van der Waals surface area contributed by atoms with Crippen LogP contribution in [0.25, 0.3) is 0 Å². The molecular weight excluding hydrogens is 194 g/mol. The van der Waals surface area contributed by atoms with Crippen molar-refractivity contribution >= 4 is 0 Å². The lowest BCUT2D eigenvalue weighted by Crippen LogP contribution is -2.26. The van der Waals surface area contributed by atoms with Gasteiger partial charge >= 0.3 is 0 Å². The van der Waals surface area contributed by atoms with E-state index >= 15 is 0 Å². The zero-order chi connectivity index (χ0) is 11.5. The average Bonchev–Trinajstić information content (AvgIpc) is 2.60. The molecule has 0 amide bonds. The second kappa shape index (κ2) is 4.72. The maximum Gasteiger partial charge on any atom is 0.244 e. The maximum absolute atomic E-state index is 5.99. The molecule has 1 aromatic heterocycles. The fraction of sp³-hybridized carbons (Fsp3) is 0.800. The summed E-state index contributed by atoms with van der Waals surface area (Å²) in [5.74, 6) is 1.14. The van der Waals surface area contributed by atoms with Crippen molar-refractivity contribution in [3.8, 4) is 0 Å². The van der Waals surface area contributed by atoms with Gasteiger partial charge in [-0.3, -0.25) is 0 Å². The molecule has 1 heterocycles. The molecule has 0 aliphatic heterocycles. The number of hydrogen-bond donors (Lipinski definition) is 1. The lowest BCUT2D eigenvalue weighted by Gasteiger charge is -2.23. The first kappa shape index (κ1) is 12.1. The predicted octanol–water partition coefficient (Wildman–Crippen LogP) is 1.30. The molecule has 0 unspecified atom stereocenters. The van der Waals surface area contributed by atoms with Crippen LogP contribution in [0.2, 0.25) is 0 Å². The Labute approximate surface area is 90.0 Å². The molecule has 1 atom stereocenters. The third-order valence-electron chi connectivity index (χ3n) is 2.21. The molecule has 1 aromatic rings. The molecule has 0 saturated heterocycles. The SMILES string of the molecule is COCCc1noc([C@H](N)C(C)(C)C)n1. The molecule has 86 valence electrons. The van der Waals surface area contributed by atoms with Gasteiger partial charge in [0.1, 0.15) is 0 Å². The Hall–Kier alpha value is -0.940. The third kappa shape index (κ3) is 3.28. The second-order valence-corrected chi connectivity index (χ2v) is 4.64. The minimum Gasteiger partial charge on any atom is -0.384 e.